The Hall–Kier alpha value is -1.86. The van der Waals surface area contributed by atoms with Gasteiger partial charge in [0.2, 0.25) is 5.91 Å². The zero-order chi connectivity index (χ0) is 15.9. The van der Waals surface area contributed by atoms with Crippen molar-refractivity contribution in [3.63, 3.8) is 0 Å². The molecule has 0 radical (unpaired) electrons. The van der Waals surface area contributed by atoms with Crippen molar-refractivity contribution in [2.75, 3.05) is 11.1 Å². The number of carbonyl (C=O) groups is 1. The number of amides is 1. The Kier molecular flexibility index (Phi) is 5.97. The van der Waals surface area contributed by atoms with Gasteiger partial charge in [-0.05, 0) is 40.2 Å². The number of anilines is 1. The Bertz CT molecular complexity index is 677. The number of nitro groups is 1. The maximum Gasteiger partial charge on any atom is 0.269 e. The van der Waals surface area contributed by atoms with E-state index in [1.54, 1.807) is 11.8 Å². The molecule has 1 N–H and O–H groups in total. The highest BCUT2D eigenvalue weighted by Gasteiger charge is 2.07. The topological polar surface area (TPSA) is 72.2 Å². The third-order valence-electron chi connectivity index (χ3n) is 2.79. The number of non-ortho nitro benzene ring substituents is 1. The molecule has 0 aliphatic heterocycles. The van der Waals surface area contributed by atoms with Crippen LogP contribution in [0.2, 0.25) is 0 Å². The highest BCUT2D eigenvalue weighted by atomic mass is 79.9. The molecule has 0 aliphatic rings. The van der Waals surface area contributed by atoms with Crippen LogP contribution in [-0.4, -0.2) is 16.6 Å². The summed E-state index contributed by atoms with van der Waals surface area (Å²) in [4.78, 5) is 23.0. The fourth-order valence-electron chi connectivity index (χ4n) is 1.71. The van der Waals surface area contributed by atoms with Crippen molar-refractivity contribution < 1.29 is 9.72 Å². The van der Waals surface area contributed by atoms with Crippen LogP contribution in [0.4, 0.5) is 11.4 Å². The molecule has 1 amide bonds. The molecule has 2 rings (SSSR count). The number of thioether (sulfide) groups is 1. The monoisotopic (exact) mass is 380 g/mol. The second kappa shape index (κ2) is 7.95. The van der Waals surface area contributed by atoms with E-state index in [1.165, 1.54) is 24.3 Å². The molecule has 22 heavy (non-hydrogen) atoms. The van der Waals surface area contributed by atoms with Crippen LogP contribution in [0.1, 0.15) is 6.42 Å². The van der Waals surface area contributed by atoms with Gasteiger partial charge >= 0.3 is 0 Å². The van der Waals surface area contributed by atoms with E-state index in [0.717, 1.165) is 9.37 Å². The first-order valence-electron chi connectivity index (χ1n) is 6.48. The summed E-state index contributed by atoms with van der Waals surface area (Å²) in [6, 6.07) is 13.6. The molecule has 0 unspecified atom stereocenters. The summed E-state index contributed by atoms with van der Waals surface area (Å²) in [6.07, 6.45) is 0.364. The number of nitrogens with one attached hydrogen (secondary N) is 1. The average molecular weight is 381 g/mol. The van der Waals surface area contributed by atoms with Gasteiger partial charge in [0.25, 0.3) is 5.69 Å². The normalized spacial score (nSPS) is 10.2. The predicted molar refractivity (Wildman–Crippen MR) is 91.2 cm³/mol. The molecule has 2 aromatic rings. The molecule has 0 saturated carbocycles. The highest BCUT2D eigenvalue weighted by molar-refractivity contribution is 9.10. The number of nitrogens with zero attached hydrogens (tertiary/aromatic N) is 1. The fourth-order valence-corrected chi connectivity index (χ4v) is 3.22. The molecule has 7 heteroatoms. The molecule has 5 nitrogen and oxygen atoms in total. The van der Waals surface area contributed by atoms with Gasteiger partial charge in [0.05, 0.1) is 4.92 Å². The van der Waals surface area contributed by atoms with Crippen LogP contribution in [0.3, 0.4) is 0 Å². The van der Waals surface area contributed by atoms with E-state index in [9.17, 15) is 14.9 Å². The van der Waals surface area contributed by atoms with Gasteiger partial charge in [-0.15, -0.1) is 11.8 Å². The fraction of sp³-hybridized carbons (Fsp3) is 0.133. The zero-order valence-electron chi connectivity index (χ0n) is 11.5. The molecule has 0 saturated heterocycles. The summed E-state index contributed by atoms with van der Waals surface area (Å²) in [6.45, 7) is 0. The van der Waals surface area contributed by atoms with Crippen LogP contribution in [0.25, 0.3) is 0 Å². The molecule has 0 aliphatic carbocycles. The second-order valence-electron chi connectivity index (χ2n) is 4.38. The number of benzene rings is 2. The van der Waals surface area contributed by atoms with Gasteiger partial charge in [0.15, 0.2) is 0 Å². The zero-order valence-corrected chi connectivity index (χ0v) is 13.9. The summed E-state index contributed by atoms with van der Waals surface area (Å²) in [5.74, 6) is 0.537. The van der Waals surface area contributed by atoms with Crippen LogP contribution in [0.15, 0.2) is 57.9 Å². The van der Waals surface area contributed by atoms with Crippen molar-refractivity contribution in [1.29, 1.82) is 0 Å². The number of hydrogen-bond acceptors (Lipinski definition) is 4. The van der Waals surface area contributed by atoms with Crippen molar-refractivity contribution in [3.8, 4) is 0 Å². The third kappa shape index (κ3) is 4.85. The maximum atomic E-state index is 11.8. The number of halogens is 1. The minimum absolute atomic E-state index is 0.00230. The number of carbonyl (C=O) groups excluding carboxylic acids is 1. The molecule has 0 atom stereocenters. The SMILES string of the molecule is O=C(CCSc1ccccc1Br)Nc1ccc([N+](=O)[O-])cc1. The molecule has 0 fully saturated rings. The van der Waals surface area contributed by atoms with E-state index in [2.05, 4.69) is 21.2 Å². The van der Waals surface area contributed by atoms with Gasteiger partial charge in [-0.3, -0.25) is 14.9 Å². The average Bonchev–Trinajstić information content (AvgIpc) is 2.50. The smallest absolute Gasteiger partial charge is 0.269 e. The Balaban J connectivity index is 1.80. The van der Waals surface area contributed by atoms with E-state index < -0.39 is 4.92 Å². The summed E-state index contributed by atoms with van der Waals surface area (Å²) in [5, 5.41) is 13.3. The lowest BCUT2D eigenvalue weighted by atomic mass is 10.3. The Labute approximate surface area is 140 Å². The highest BCUT2D eigenvalue weighted by Crippen LogP contribution is 2.27. The predicted octanol–water partition coefficient (Wildman–Crippen LogP) is 4.48. The molecule has 0 heterocycles. The van der Waals surface area contributed by atoms with Gasteiger partial charge in [0.1, 0.15) is 0 Å². The Morgan fingerprint density at radius 3 is 2.50 bits per heavy atom. The first kappa shape index (κ1) is 16.5. The van der Waals surface area contributed by atoms with Crippen LogP contribution in [-0.2, 0) is 4.79 Å². The van der Waals surface area contributed by atoms with Crippen LogP contribution in [0.5, 0.6) is 0 Å². The van der Waals surface area contributed by atoms with Crippen LogP contribution in [0, 0.1) is 10.1 Å². The minimum atomic E-state index is -0.472. The first-order chi connectivity index (χ1) is 10.6. The Morgan fingerprint density at radius 2 is 1.86 bits per heavy atom. The summed E-state index contributed by atoms with van der Waals surface area (Å²) >= 11 is 5.05. The van der Waals surface area contributed by atoms with E-state index >= 15 is 0 Å². The van der Waals surface area contributed by atoms with Crippen LogP contribution >= 0.6 is 27.7 Å². The summed E-state index contributed by atoms with van der Waals surface area (Å²) in [7, 11) is 0. The molecule has 0 spiro atoms. The van der Waals surface area contributed by atoms with E-state index in [-0.39, 0.29) is 11.6 Å². The standard InChI is InChI=1S/C15H13BrN2O3S/c16-13-3-1-2-4-14(13)22-10-9-15(19)17-11-5-7-12(8-6-11)18(20)21/h1-8H,9-10H2,(H,17,19). The molecule has 2 aromatic carbocycles. The number of rotatable bonds is 6. The van der Waals surface area contributed by atoms with Gasteiger partial charge in [-0.2, -0.15) is 0 Å². The number of nitro benzene ring substituents is 1. The van der Waals surface area contributed by atoms with Crippen LogP contribution < -0.4 is 5.32 Å². The van der Waals surface area contributed by atoms with Crippen molar-refractivity contribution in [3.05, 3.63) is 63.1 Å². The third-order valence-corrected chi connectivity index (χ3v) is 4.81. The largest absolute Gasteiger partial charge is 0.326 e. The molecule has 0 bridgehead atoms. The van der Waals surface area contributed by atoms with E-state index in [1.807, 2.05) is 24.3 Å². The van der Waals surface area contributed by atoms with Gasteiger partial charge in [0, 0.05) is 39.4 Å². The molecule has 0 aromatic heterocycles. The maximum absolute atomic E-state index is 11.8. The van der Waals surface area contributed by atoms with Crippen molar-refractivity contribution in [2.45, 2.75) is 11.3 Å². The lowest BCUT2D eigenvalue weighted by Gasteiger charge is -2.06. The van der Waals surface area contributed by atoms with Crippen molar-refractivity contribution in [1.82, 2.24) is 0 Å². The Morgan fingerprint density at radius 1 is 1.18 bits per heavy atom. The molecular formula is C15H13BrN2O3S. The lowest BCUT2D eigenvalue weighted by Crippen LogP contribution is -2.12. The van der Waals surface area contributed by atoms with E-state index in [4.69, 9.17) is 0 Å². The molecular weight excluding hydrogens is 368 g/mol. The van der Waals surface area contributed by atoms with Crippen molar-refractivity contribution in [2.24, 2.45) is 0 Å². The summed E-state index contributed by atoms with van der Waals surface area (Å²) < 4.78 is 1.01. The minimum Gasteiger partial charge on any atom is -0.326 e. The van der Waals surface area contributed by atoms with Gasteiger partial charge < -0.3 is 5.32 Å². The van der Waals surface area contributed by atoms with Gasteiger partial charge in [-0.1, -0.05) is 12.1 Å². The quantitative estimate of drug-likeness (QED) is 0.455. The first-order valence-corrected chi connectivity index (χ1v) is 8.26. The molecule has 114 valence electrons. The van der Waals surface area contributed by atoms with E-state index in [0.29, 0.717) is 17.9 Å². The number of hydrogen-bond donors (Lipinski definition) is 1. The van der Waals surface area contributed by atoms with Crippen molar-refractivity contribution >= 4 is 45.0 Å². The summed E-state index contributed by atoms with van der Waals surface area (Å²) in [5.41, 5.74) is 0.559. The lowest BCUT2D eigenvalue weighted by molar-refractivity contribution is -0.384. The van der Waals surface area contributed by atoms with Gasteiger partial charge in [-0.25, -0.2) is 0 Å². The second-order valence-corrected chi connectivity index (χ2v) is 6.37.